The highest BCUT2D eigenvalue weighted by molar-refractivity contribution is 7.90. The zero-order valence-corrected chi connectivity index (χ0v) is 13.3. The number of nitrogens with zero attached hydrogens (tertiary/aromatic N) is 1. The smallest absolute Gasteiger partial charge is 0.254 e. The van der Waals surface area contributed by atoms with Crippen LogP contribution in [0, 0.1) is 5.92 Å². The van der Waals surface area contributed by atoms with E-state index in [1.54, 1.807) is 12.1 Å². The minimum absolute atomic E-state index is 0.0549. The van der Waals surface area contributed by atoms with Gasteiger partial charge in [0.1, 0.15) is 0 Å². The van der Waals surface area contributed by atoms with E-state index in [1.165, 1.54) is 12.1 Å². The molecule has 21 heavy (non-hydrogen) atoms. The molecule has 1 amide bonds. The van der Waals surface area contributed by atoms with Crippen LogP contribution in [0.3, 0.4) is 0 Å². The number of nitrogens with two attached hydrogens (primary N) is 1. The summed E-state index contributed by atoms with van der Waals surface area (Å²) in [4.78, 5) is 14.6. The van der Waals surface area contributed by atoms with Gasteiger partial charge in [0.15, 0.2) is 9.84 Å². The Bertz CT molecular complexity index is 610. The molecular weight excluding hydrogens is 288 g/mol. The summed E-state index contributed by atoms with van der Waals surface area (Å²) in [7, 11) is -3.24. The molecule has 5 nitrogen and oxygen atoms in total. The molecule has 1 aliphatic heterocycles. The van der Waals surface area contributed by atoms with E-state index in [0.29, 0.717) is 24.6 Å². The van der Waals surface area contributed by atoms with Crippen LogP contribution in [-0.4, -0.2) is 44.6 Å². The van der Waals surface area contributed by atoms with Gasteiger partial charge in [0.05, 0.1) is 4.90 Å². The van der Waals surface area contributed by atoms with Crippen molar-refractivity contribution in [2.24, 2.45) is 11.7 Å². The van der Waals surface area contributed by atoms with E-state index >= 15 is 0 Å². The monoisotopic (exact) mass is 310 g/mol. The van der Waals surface area contributed by atoms with E-state index in [0.717, 1.165) is 19.1 Å². The Balaban J connectivity index is 2.19. The van der Waals surface area contributed by atoms with Crippen molar-refractivity contribution in [1.82, 2.24) is 4.90 Å². The Hall–Kier alpha value is -1.40. The summed E-state index contributed by atoms with van der Waals surface area (Å²) >= 11 is 0. The zero-order chi connectivity index (χ0) is 15.6. The normalized spacial score (nSPS) is 23.1. The molecule has 1 fully saturated rings. The fraction of sp³-hybridized carbons (Fsp3) is 0.533. The maximum absolute atomic E-state index is 12.6. The molecule has 1 heterocycles. The maximum Gasteiger partial charge on any atom is 0.254 e. The van der Waals surface area contributed by atoms with Crippen LogP contribution < -0.4 is 5.73 Å². The number of benzene rings is 1. The molecule has 0 saturated carbocycles. The van der Waals surface area contributed by atoms with Gasteiger partial charge in [0.2, 0.25) is 0 Å². The average Bonchev–Trinajstić information content (AvgIpc) is 2.46. The van der Waals surface area contributed by atoms with Gasteiger partial charge in [-0.25, -0.2) is 8.42 Å². The van der Waals surface area contributed by atoms with Crippen molar-refractivity contribution >= 4 is 15.7 Å². The van der Waals surface area contributed by atoms with Crippen molar-refractivity contribution in [3.63, 3.8) is 0 Å². The van der Waals surface area contributed by atoms with Gasteiger partial charge < -0.3 is 10.6 Å². The minimum atomic E-state index is -3.24. The van der Waals surface area contributed by atoms with Gasteiger partial charge in [0, 0.05) is 24.4 Å². The third kappa shape index (κ3) is 3.63. The molecule has 2 unspecified atom stereocenters. The Morgan fingerprint density at radius 2 is 1.90 bits per heavy atom. The zero-order valence-electron chi connectivity index (χ0n) is 12.5. The largest absolute Gasteiger partial charge is 0.336 e. The number of likely N-dealkylation sites (tertiary alicyclic amines) is 1. The van der Waals surface area contributed by atoms with Gasteiger partial charge in [-0.2, -0.15) is 0 Å². The molecule has 0 aliphatic carbocycles. The first kappa shape index (κ1) is 16.0. The highest BCUT2D eigenvalue weighted by atomic mass is 32.2. The van der Waals surface area contributed by atoms with Gasteiger partial charge in [-0.05, 0) is 56.5 Å². The van der Waals surface area contributed by atoms with Crippen molar-refractivity contribution in [3.05, 3.63) is 29.8 Å². The SMILES string of the molecule is CC1CCC(CN)CN1C(=O)c1ccc(S(C)(=O)=O)cc1. The summed E-state index contributed by atoms with van der Waals surface area (Å²) in [5, 5.41) is 0. The molecule has 1 saturated heterocycles. The highest BCUT2D eigenvalue weighted by Crippen LogP contribution is 2.23. The summed E-state index contributed by atoms with van der Waals surface area (Å²) in [6.07, 6.45) is 3.16. The summed E-state index contributed by atoms with van der Waals surface area (Å²) in [5.41, 5.74) is 6.23. The van der Waals surface area contributed by atoms with Crippen LogP contribution in [0.15, 0.2) is 29.2 Å². The van der Waals surface area contributed by atoms with E-state index in [2.05, 4.69) is 0 Å². The van der Waals surface area contributed by atoms with Crippen LogP contribution in [0.25, 0.3) is 0 Å². The van der Waals surface area contributed by atoms with Gasteiger partial charge in [-0.3, -0.25) is 4.79 Å². The second kappa shape index (κ2) is 6.15. The molecular formula is C15H22N2O3S. The molecule has 0 spiro atoms. The van der Waals surface area contributed by atoms with Gasteiger partial charge in [-0.15, -0.1) is 0 Å². The number of hydrogen-bond donors (Lipinski definition) is 1. The maximum atomic E-state index is 12.6. The lowest BCUT2D eigenvalue weighted by Gasteiger charge is -2.37. The van der Waals surface area contributed by atoms with E-state index in [-0.39, 0.29) is 16.8 Å². The molecule has 2 atom stereocenters. The number of rotatable bonds is 3. The Morgan fingerprint density at radius 3 is 2.43 bits per heavy atom. The molecule has 1 aromatic rings. The second-order valence-electron chi connectivity index (χ2n) is 5.78. The van der Waals surface area contributed by atoms with E-state index in [9.17, 15) is 13.2 Å². The molecule has 2 N–H and O–H groups in total. The van der Waals surface area contributed by atoms with Crippen molar-refractivity contribution < 1.29 is 13.2 Å². The molecule has 116 valence electrons. The standard InChI is InChI=1S/C15H22N2O3S/c1-11-3-4-12(9-16)10-17(11)15(18)13-5-7-14(8-6-13)21(2,19)20/h5-8,11-12H,3-4,9-10,16H2,1-2H3. The first-order valence-corrected chi connectivity index (χ1v) is 9.03. The van der Waals surface area contributed by atoms with Crippen LogP contribution in [0.4, 0.5) is 0 Å². The Kier molecular flexibility index (Phi) is 4.68. The minimum Gasteiger partial charge on any atom is -0.336 e. The van der Waals surface area contributed by atoms with Crippen molar-refractivity contribution in [1.29, 1.82) is 0 Å². The summed E-state index contributed by atoms with van der Waals surface area (Å²) in [6.45, 7) is 3.29. The molecule has 1 aliphatic rings. The number of carbonyl (C=O) groups is 1. The quantitative estimate of drug-likeness (QED) is 0.912. The lowest BCUT2D eigenvalue weighted by atomic mass is 9.93. The Labute approximate surface area is 126 Å². The molecule has 0 aromatic heterocycles. The second-order valence-corrected chi connectivity index (χ2v) is 7.80. The summed E-state index contributed by atoms with van der Waals surface area (Å²) < 4.78 is 22.9. The van der Waals surface area contributed by atoms with Gasteiger partial charge in [0.25, 0.3) is 5.91 Å². The lowest BCUT2D eigenvalue weighted by Crippen LogP contribution is -2.47. The Morgan fingerprint density at radius 1 is 1.29 bits per heavy atom. The number of amides is 1. The van der Waals surface area contributed by atoms with Crippen LogP contribution in [-0.2, 0) is 9.84 Å². The fourth-order valence-corrected chi connectivity index (χ4v) is 3.30. The van der Waals surface area contributed by atoms with E-state index < -0.39 is 9.84 Å². The number of hydrogen-bond acceptors (Lipinski definition) is 4. The third-order valence-electron chi connectivity index (χ3n) is 4.10. The van der Waals surface area contributed by atoms with Crippen molar-refractivity contribution in [2.75, 3.05) is 19.3 Å². The predicted octanol–water partition coefficient (Wildman–Crippen LogP) is 1.29. The lowest BCUT2D eigenvalue weighted by molar-refractivity contribution is 0.0567. The summed E-state index contributed by atoms with van der Waals surface area (Å²) in [6, 6.07) is 6.32. The van der Waals surface area contributed by atoms with E-state index in [1.807, 2.05) is 11.8 Å². The van der Waals surface area contributed by atoms with Crippen LogP contribution >= 0.6 is 0 Å². The first-order valence-electron chi connectivity index (χ1n) is 7.14. The molecule has 1 aromatic carbocycles. The summed E-state index contributed by atoms with van der Waals surface area (Å²) in [5.74, 6) is 0.293. The molecule has 2 rings (SSSR count). The number of carbonyl (C=O) groups excluding carboxylic acids is 1. The number of sulfone groups is 1. The number of piperidine rings is 1. The van der Waals surface area contributed by atoms with Crippen molar-refractivity contribution in [3.8, 4) is 0 Å². The molecule has 0 bridgehead atoms. The molecule has 6 heteroatoms. The van der Waals surface area contributed by atoms with E-state index in [4.69, 9.17) is 5.73 Å². The van der Waals surface area contributed by atoms with Crippen molar-refractivity contribution in [2.45, 2.75) is 30.7 Å². The average molecular weight is 310 g/mol. The van der Waals surface area contributed by atoms with Gasteiger partial charge in [-0.1, -0.05) is 0 Å². The third-order valence-corrected chi connectivity index (χ3v) is 5.23. The first-order chi connectivity index (χ1) is 9.82. The van der Waals surface area contributed by atoms with Crippen LogP contribution in [0.1, 0.15) is 30.1 Å². The van der Waals surface area contributed by atoms with Gasteiger partial charge >= 0.3 is 0 Å². The fourth-order valence-electron chi connectivity index (χ4n) is 2.67. The molecule has 0 radical (unpaired) electrons. The van der Waals surface area contributed by atoms with Crippen LogP contribution in [0.2, 0.25) is 0 Å². The van der Waals surface area contributed by atoms with Crippen LogP contribution in [0.5, 0.6) is 0 Å². The topological polar surface area (TPSA) is 80.5 Å². The highest BCUT2D eigenvalue weighted by Gasteiger charge is 2.28. The predicted molar refractivity (Wildman–Crippen MR) is 81.8 cm³/mol.